The minimum Gasteiger partial charge on any atom is -0.495 e. The molecule has 1 aromatic carbocycles. The van der Waals surface area contributed by atoms with Gasteiger partial charge in [-0.25, -0.2) is 9.37 Å². The van der Waals surface area contributed by atoms with Crippen LogP contribution in [0.5, 0.6) is 5.75 Å². The van der Waals surface area contributed by atoms with Crippen molar-refractivity contribution in [2.45, 2.75) is 13.0 Å². The zero-order valence-corrected chi connectivity index (χ0v) is 18.4. The van der Waals surface area contributed by atoms with E-state index in [4.69, 9.17) is 21.1 Å². The zero-order valence-electron chi connectivity index (χ0n) is 17.6. The van der Waals surface area contributed by atoms with Gasteiger partial charge < -0.3 is 28.9 Å². The molecule has 0 saturated heterocycles. The fraction of sp³-hybridized carbons (Fsp3) is 0.350. The van der Waals surface area contributed by atoms with Crippen LogP contribution in [-0.2, 0) is 11.8 Å². The minimum absolute atomic E-state index is 0.0749. The maximum Gasteiger partial charge on any atom is 0.180 e. The van der Waals surface area contributed by atoms with Crippen LogP contribution in [0.2, 0.25) is 5.02 Å². The normalized spacial score (nSPS) is 12.6. The minimum atomic E-state index is -0.569. The molecule has 1 atom stereocenters. The average Bonchev–Trinajstić information content (AvgIpc) is 3.50. The van der Waals surface area contributed by atoms with Crippen LogP contribution in [0.1, 0.15) is 18.8 Å². The SMILES string of the molecule is COCCN[C@H](C)c1nnc(-c2c(-n3ccnc3)c3cc(OC)c(Cl)c(F)c3n2C)[nH]1. The number of fused-ring (bicyclic) bond motifs is 1. The summed E-state index contributed by atoms with van der Waals surface area (Å²) in [5, 5.41) is 12.5. The Balaban J connectivity index is 1.90. The first kappa shape index (κ1) is 21.3. The van der Waals surface area contributed by atoms with E-state index in [1.54, 1.807) is 48.1 Å². The molecule has 11 heteroatoms. The smallest absolute Gasteiger partial charge is 0.180 e. The Morgan fingerprint density at radius 1 is 1.32 bits per heavy atom. The lowest BCUT2D eigenvalue weighted by Crippen LogP contribution is -2.23. The number of aromatic amines is 1. The number of aromatic nitrogens is 6. The van der Waals surface area contributed by atoms with Crippen LogP contribution < -0.4 is 10.1 Å². The molecular weight excluding hydrogens is 425 g/mol. The highest BCUT2D eigenvalue weighted by atomic mass is 35.5. The van der Waals surface area contributed by atoms with E-state index in [1.165, 1.54) is 7.11 Å². The molecule has 164 valence electrons. The third-order valence-electron chi connectivity index (χ3n) is 5.18. The number of hydrogen-bond donors (Lipinski definition) is 2. The Morgan fingerprint density at radius 3 is 2.81 bits per heavy atom. The summed E-state index contributed by atoms with van der Waals surface area (Å²) in [6.45, 7) is 3.23. The summed E-state index contributed by atoms with van der Waals surface area (Å²) < 4.78 is 29.1. The van der Waals surface area contributed by atoms with E-state index in [1.807, 2.05) is 6.92 Å². The molecule has 3 heterocycles. The summed E-state index contributed by atoms with van der Waals surface area (Å²) in [7, 11) is 4.86. The van der Waals surface area contributed by atoms with Crippen LogP contribution in [0, 0.1) is 5.82 Å². The molecule has 0 amide bonds. The Bertz CT molecular complexity index is 1200. The maximum atomic E-state index is 15.2. The molecule has 0 radical (unpaired) electrons. The first-order valence-corrected chi connectivity index (χ1v) is 10.0. The van der Waals surface area contributed by atoms with Crippen molar-refractivity contribution in [3.8, 4) is 23.0 Å². The number of rotatable bonds is 8. The number of methoxy groups -OCH3 is 2. The number of imidazole rings is 1. The fourth-order valence-corrected chi connectivity index (χ4v) is 3.84. The van der Waals surface area contributed by atoms with Crippen molar-refractivity contribution >= 4 is 22.5 Å². The highest BCUT2D eigenvalue weighted by molar-refractivity contribution is 6.33. The molecule has 0 fully saturated rings. The second-order valence-electron chi connectivity index (χ2n) is 7.06. The third kappa shape index (κ3) is 3.67. The molecule has 0 bridgehead atoms. The van der Waals surface area contributed by atoms with Gasteiger partial charge in [0.05, 0.1) is 37.3 Å². The van der Waals surface area contributed by atoms with Crippen molar-refractivity contribution in [1.82, 2.24) is 34.6 Å². The first-order chi connectivity index (χ1) is 15.0. The van der Waals surface area contributed by atoms with E-state index in [0.29, 0.717) is 47.1 Å². The van der Waals surface area contributed by atoms with Crippen LogP contribution in [-0.4, -0.2) is 56.7 Å². The summed E-state index contributed by atoms with van der Waals surface area (Å²) >= 11 is 6.20. The predicted molar refractivity (Wildman–Crippen MR) is 115 cm³/mol. The standard InChI is InChI=1S/C20H23ClFN7O2/c1-11(24-6-8-30-3)19-25-20(27-26-19)18-17(29-7-5-23-10-29)12-9-13(31-4)14(21)15(22)16(12)28(18)2/h5,7,9-11,24H,6,8H2,1-4H3,(H,25,26,27)/t11-/m1/s1. The van der Waals surface area contributed by atoms with Crippen molar-refractivity contribution in [3.63, 3.8) is 0 Å². The van der Waals surface area contributed by atoms with Crippen LogP contribution in [0.3, 0.4) is 0 Å². The largest absolute Gasteiger partial charge is 0.495 e. The number of aryl methyl sites for hydroxylation is 1. The summed E-state index contributed by atoms with van der Waals surface area (Å²) in [6.07, 6.45) is 5.08. The van der Waals surface area contributed by atoms with Crippen LogP contribution in [0.15, 0.2) is 24.8 Å². The van der Waals surface area contributed by atoms with Gasteiger partial charge in [-0.15, -0.1) is 10.2 Å². The number of ether oxygens (including phenoxy) is 2. The predicted octanol–water partition coefficient (Wildman–Crippen LogP) is 3.25. The molecule has 0 saturated carbocycles. The second kappa shape index (κ2) is 8.66. The van der Waals surface area contributed by atoms with Gasteiger partial charge in [0.15, 0.2) is 11.6 Å². The van der Waals surface area contributed by atoms with Crippen molar-refractivity contribution in [2.24, 2.45) is 7.05 Å². The first-order valence-electron chi connectivity index (χ1n) is 9.65. The number of H-pyrrole nitrogens is 1. The van der Waals surface area contributed by atoms with E-state index in [-0.39, 0.29) is 16.8 Å². The number of benzene rings is 1. The summed E-state index contributed by atoms with van der Waals surface area (Å²) in [5.74, 6) is 0.830. The number of hydrogen-bond acceptors (Lipinski definition) is 6. The fourth-order valence-electron chi connectivity index (χ4n) is 3.62. The summed E-state index contributed by atoms with van der Waals surface area (Å²) in [5.41, 5.74) is 1.65. The Kier molecular flexibility index (Phi) is 5.94. The summed E-state index contributed by atoms with van der Waals surface area (Å²) in [4.78, 5) is 7.40. The van der Waals surface area contributed by atoms with Crippen LogP contribution >= 0.6 is 11.6 Å². The van der Waals surface area contributed by atoms with Crippen LogP contribution in [0.4, 0.5) is 4.39 Å². The molecular formula is C20H23ClFN7O2. The molecule has 0 aliphatic carbocycles. The third-order valence-corrected chi connectivity index (χ3v) is 5.53. The molecule has 3 aromatic heterocycles. The molecule has 4 rings (SSSR count). The molecule has 0 spiro atoms. The monoisotopic (exact) mass is 447 g/mol. The molecule has 0 unspecified atom stereocenters. The van der Waals surface area contributed by atoms with Crippen molar-refractivity contribution in [2.75, 3.05) is 27.4 Å². The lowest BCUT2D eigenvalue weighted by atomic mass is 10.2. The van der Waals surface area contributed by atoms with Crippen molar-refractivity contribution in [3.05, 3.63) is 41.5 Å². The number of nitrogens with zero attached hydrogens (tertiary/aromatic N) is 5. The van der Waals surface area contributed by atoms with Crippen molar-refractivity contribution in [1.29, 1.82) is 0 Å². The molecule has 2 N–H and O–H groups in total. The van der Waals surface area contributed by atoms with Gasteiger partial charge in [-0.1, -0.05) is 11.6 Å². The molecule has 4 aromatic rings. The van der Waals surface area contributed by atoms with E-state index in [0.717, 1.165) is 0 Å². The molecule has 0 aliphatic heterocycles. The lowest BCUT2D eigenvalue weighted by molar-refractivity contribution is 0.196. The molecule has 9 nitrogen and oxygen atoms in total. The second-order valence-corrected chi connectivity index (χ2v) is 7.43. The van der Waals surface area contributed by atoms with Crippen LogP contribution in [0.25, 0.3) is 28.1 Å². The summed E-state index contributed by atoms with van der Waals surface area (Å²) in [6, 6.07) is 1.64. The quantitative estimate of drug-likeness (QED) is 0.403. The molecule has 0 aliphatic rings. The van der Waals surface area contributed by atoms with E-state index < -0.39 is 5.82 Å². The average molecular weight is 448 g/mol. The van der Waals surface area contributed by atoms with E-state index in [9.17, 15) is 0 Å². The maximum absolute atomic E-state index is 15.2. The highest BCUT2D eigenvalue weighted by Gasteiger charge is 2.26. The Morgan fingerprint density at radius 2 is 2.13 bits per heavy atom. The number of halogens is 2. The Labute approximate surface area is 183 Å². The van der Waals surface area contributed by atoms with Gasteiger partial charge in [-0.3, -0.25) is 0 Å². The van der Waals surface area contributed by atoms with E-state index >= 15 is 4.39 Å². The molecule has 31 heavy (non-hydrogen) atoms. The van der Waals surface area contributed by atoms with Gasteiger partial charge in [-0.2, -0.15) is 0 Å². The van der Waals surface area contributed by atoms with E-state index in [2.05, 4.69) is 25.5 Å². The van der Waals surface area contributed by atoms with Gasteiger partial charge >= 0.3 is 0 Å². The van der Waals surface area contributed by atoms with Gasteiger partial charge in [0.1, 0.15) is 22.3 Å². The van der Waals surface area contributed by atoms with Crippen molar-refractivity contribution < 1.29 is 13.9 Å². The number of nitrogens with one attached hydrogen (secondary N) is 2. The van der Waals surface area contributed by atoms with Gasteiger partial charge in [-0.05, 0) is 13.0 Å². The van der Waals surface area contributed by atoms with Gasteiger partial charge in [0, 0.05) is 38.5 Å². The topological polar surface area (TPSA) is 94.8 Å². The Hall–Kier alpha value is -2.95. The highest BCUT2D eigenvalue weighted by Crippen LogP contribution is 2.41. The van der Waals surface area contributed by atoms with Gasteiger partial charge in [0.2, 0.25) is 0 Å². The zero-order chi connectivity index (χ0) is 22.1. The van der Waals surface area contributed by atoms with Gasteiger partial charge in [0.25, 0.3) is 0 Å². The lowest BCUT2D eigenvalue weighted by Gasteiger charge is -2.10.